The van der Waals surface area contributed by atoms with Crippen molar-refractivity contribution < 1.29 is 9.53 Å². The molecule has 2 aromatic heterocycles. The van der Waals surface area contributed by atoms with Crippen molar-refractivity contribution in [1.82, 2.24) is 19.4 Å². The first-order chi connectivity index (χ1) is 11.1. The van der Waals surface area contributed by atoms with Gasteiger partial charge in [-0.05, 0) is 5.92 Å². The van der Waals surface area contributed by atoms with E-state index in [0.717, 1.165) is 12.3 Å². The highest BCUT2D eigenvalue weighted by molar-refractivity contribution is 7.07. The Bertz CT molecular complexity index is 666. The summed E-state index contributed by atoms with van der Waals surface area (Å²) in [5, 5.41) is 1.79. The van der Waals surface area contributed by atoms with Crippen LogP contribution in [-0.2, 0) is 18.3 Å². The molecule has 124 valence electrons. The van der Waals surface area contributed by atoms with Gasteiger partial charge in [0, 0.05) is 37.2 Å². The number of ether oxygens (including phenoxy) is 1. The summed E-state index contributed by atoms with van der Waals surface area (Å²) in [4.78, 5) is 23.0. The van der Waals surface area contributed by atoms with Gasteiger partial charge in [0.2, 0.25) is 0 Å². The fourth-order valence-corrected chi connectivity index (χ4v) is 3.47. The molecule has 0 N–H and O–H groups in total. The van der Waals surface area contributed by atoms with Gasteiger partial charge in [0.05, 0.1) is 30.7 Å². The second-order valence-electron chi connectivity index (χ2n) is 6.37. The van der Waals surface area contributed by atoms with Crippen LogP contribution in [0.4, 0.5) is 0 Å². The third-order valence-corrected chi connectivity index (χ3v) is 4.53. The lowest BCUT2D eigenvalue weighted by Crippen LogP contribution is -2.40. The third-order valence-electron chi connectivity index (χ3n) is 3.94. The molecule has 1 atom stereocenters. The first-order valence-electron chi connectivity index (χ1n) is 7.81. The van der Waals surface area contributed by atoms with E-state index in [4.69, 9.17) is 4.74 Å². The zero-order valence-corrected chi connectivity index (χ0v) is 14.5. The van der Waals surface area contributed by atoms with E-state index >= 15 is 0 Å². The Hall–Kier alpha value is -1.73. The molecule has 23 heavy (non-hydrogen) atoms. The van der Waals surface area contributed by atoms with Gasteiger partial charge >= 0.3 is 0 Å². The van der Waals surface area contributed by atoms with Crippen molar-refractivity contribution in [1.29, 1.82) is 0 Å². The predicted octanol–water partition coefficient (Wildman–Crippen LogP) is 2.29. The van der Waals surface area contributed by atoms with Gasteiger partial charge < -0.3 is 14.2 Å². The number of hydrogen-bond acceptors (Lipinski definition) is 5. The SMILES string of the molecule is CC(C)COC[C@@H]1CN(C(=O)c2cscn2)Cc2ncn(C)c21. The molecule has 0 bridgehead atoms. The molecule has 0 unspecified atom stereocenters. The highest BCUT2D eigenvalue weighted by atomic mass is 32.1. The van der Waals surface area contributed by atoms with E-state index < -0.39 is 0 Å². The fourth-order valence-electron chi connectivity index (χ4n) is 2.94. The summed E-state index contributed by atoms with van der Waals surface area (Å²) >= 11 is 1.44. The van der Waals surface area contributed by atoms with E-state index in [-0.39, 0.29) is 11.8 Å². The number of rotatable bonds is 5. The molecule has 0 saturated carbocycles. The molecule has 0 aromatic carbocycles. The van der Waals surface area contributed by atoms with Gasteiger partial charge in [-0.25, -0.2) is 9.97 Å². The summed E-state index contributed by atoms with van der Waals surface area (Å²) in [6, 6.07) is 0. The second kappa shape index (κ2) is 6.80. The van der Waals surface area contributed by atoms with Gasteiger partial charge in [-0.15, -0.1) is 11.3 Å². The molecule has 0 radical (unpaired) electrons. The number of amides is 1. The molecule has 0 saturated heterocycles. The van der Waals surface area contributed by atoms with Crippen LogP contribution in [0.15, 0.2) is 17.2 Å². The smallest absolute Gasteiger partial charge is 0.273 e. The number of nitrogens with zero attached hydrogens (tertiary/aromatic N) is 4. The highest BCUT2D eigenvalue weighted by Gasteiger charge is 2.32. The predicted molar refractivity (Wildman–Crippen MR) is 88.5 cm³/mol. The molecule has 0 fully saturated rings. The number of fused-ring (bicyclic) bond motifs is 1. The number of thiazole rings is 1. The van der Waals surface area contributed by atoms with E-state index in [2.05, 4.69) is 23.8 Å². The van der Waals surface area contributed by atoms with Crippen LogP contribution in [0.1, 0.15) is 41.6 Å². The summed E-state index contributed by atoms with van der Waals surface area (Å²) in [5.74, 6) is 0.612. The van der Waals surface area contributed by atoms with Crippen LogP contribution in [0.2, 0.25) is 0 Å². The van der Waals surface area contributed by atoms with Crippen molar-refractivity contribution in [2.75, 3.05) is 19.8 Å². The molecule has 1 amide bonds. The lowest BCUT2D eigenvalue weighted by atomic mass is 9.98. The Kier molecular flexibility index (Phi) is 4.77. The molecule has 0 spiro atoms. The first kappa shape index (κ1) is 16.1. The second-order valence-corrected chi connectivity index (χ2v) is 7.09. The number of carbonyl (C=O) groups is 1. The van der Waals surface area contributed by atoms with Crippen LogP contribution in [0.5, 0.6) is 0 Å². The maximum atomic E-state index is 12.6. The van der Waals surface area contributed by atoms with E-state index in [1.807, 2.05) is 22.8 Å². The summed E-state index contributed by atoms with van der Waals surface area (Å²) < 4.78 is 7.89. The maximum absolute atomic E-state index is 12.6. The monoisotopic (exact) mass is 334 g/mol. The molecule has 3 heterocycles. The number of aryl methyl sites for hydroxylation is 1. The van der Waals surface area contributed by atoms with E-state index in [9.17, 15) is 4.79 Å². The molecule has 0 aliphatic carbocycles. The zero-order chi connectivity index (χ0) is 16.4. The molecule has 3 rings (SSSR count). The summed E-state index contributed by atoms with van der Waals surface area (Å²) in [5.41, 5.74) is 4.33. The van der Waals surface area contributed by atoms with Crippen molar-refractivity contribution in [2.24, 2.45) is 13.0 Å². The molecule has 7 heteroatoms. The summed E-state index contributed by atoms with van der Waals surface area (Å²) in [6.45, 7) is 6.77. The van der Waals surface area contributed by atoms with Crippen molar-refractivity contribution >= 4 is 17.2 Å². The summed E-state index contributed by atoms with van der Waals surface area (Å²) in [6.07, 6.45) is 1.82. The topological polar surface area (TPSA) is 60.2 Å². The minimum Gasteiger partial charge on any atom is -0.380 e. The number of carbonyl (C=O) groups excluding carboxylic acids is 1. The van der Waals surface area contributed by atoms with Crippen molar-refractivity contribution in [3.05, 3.63) is 34.3 Å². The Morgan fingerprint density at radius 3 is 3.00 bits per heavy atom. The average Bonchev–Trinajstić information content (AvgIpc) is 3.16. The zero-order valence-electron chi connectivity index (χ0n) is 13.7. The van der Waals surface area contributed by atoms with Crippen LogP contribution >= 0.6 is 11.3 Å². The standard InChI is InChI=1S/C16H22N4O2S/c1-11(2)6-22-7-12-4-20(16(21)14-8-23-10-18-14)5-13-15(12)19(3)9-17-13/h8-12H,4-7H2,1-3H3/t12-/m0/s1. The Balaban J connectivity index is 1.77. The average molecular weight is 334 g/mol. The van der Waals surface area contributed by atoms with E-state index in [1.165, 1.54) is 17.0 Å². The van der Waals surface area contributed by atoms with Crippen molar-refractivity contribution in [3.63, 3.8) is 0 Å². The molecule has 2 aromatic rings. The third kappa shape index (κ3) is 3.45. The summed E-state index contributed by atoms with van der Waals surface area (Å²) in [7, 11) is 2.00. The maximum Gasteiger partial charge on any atom is 0.273 e. The van der Waals surface area contributed by atoms with Gasteiger partial charge in [-0.1, -0.05) is 13.8 Å². The van der Waals surface area contributed by atoms with Crippen LogP contribution in [0.25, 0.3) is 0 Å². The largest absolute Gasteiger partial charge is 0.380 e. The van der Waals surface area contributed by atoms with Crippen molar-refractivity contribution in [2.45, 2.75) is 26.3 Å². The van der Waals surface area contributed by atoms with Crippen LogP contribution < -0.4 is 0 Å². The number of aromatic nitrogens is 3. The first-order valence-corrected chi connectivity index (χ1v) is 8.75. The molecular formula is C16H22N4O2S. The van der Waals surface area contributed by atoms with Gasteiger partial charge in [0.1, 0.15) is 5.69 Å². The van der Waals surface area contributed by atoms with Gasteiger partial charge in [-0.3, -0.25) is 4.79 Å². The van der Waals surface area contributed by atoms with E-state index in [1.54, 1.807) is 10.9 Å². The Morgan fingerprint density at radius 2 is 2.30 bits per heavy atom. The lowest BCUT2D eigenvalue weighted by Gasteiger charge is -2.32. The molecule has 1 aliphatic rings. The van der Waals surface area contributed by atoms with Crippen molar-refractivity contribution in [3.8, 4) is 0 Å². The van der Waals surface area contributed by atoms with Gasteiger partial charge in [0.15, 0.2) is 0 Å². The van der Waals surface area contributed by atoms with Crippen LogP contribution in [-0.4, -0.2) is 45.1 Å². The normalized spacial score (nSPS) is 17.6. The fraction of sp³-hybridized carbons (Fsp3) is 0.562. The molecule has 6 nitrogen and oxygen atoms in total. The minimum absolute atomic E-state index is 0.0311. The minimum atomic E-state index is -0.0311. The highest BCUT2D eigenvalue weighted by Crippen LogP contribution is 2.28. The van der Waals surface area contributed by atoms with Gasteiger partial charge in [0.25, 0.3) is 5.91 Å². The number of imidazole rings is 1. The Morgan fingerprint density at radius 1 is 1.48 bits per heavy atom. The van der Waals surface area contributed by atoms with Gasteiger partial charge in [-0.2, -0.15) is 0 Å². The lowest BCUT2D eigenvalue weighted by molar-refractivity contribution is 0.0588. The molecule has 1 aliphatic heterocycles. The number of hydrogen-bond donors (Lipinski definition) is 0. The van der Waals surface area contributed by atoms with Crippen LogP contribution in [0.3, 0.4) is 0 Å². The van der Waals surface area contributed by atoms with Crippen LogP contribution in [0, 0.1) is 5.92 Å². The molecular weight excluding hydrogens is 312 g/mol. The quantitative estimate of drug-likeness (QED) is 0.842. The Labute approximate surface area is 140 Å². The van der Waals surface area contributed by atoms with E-state index in [0.29, 0.717) is 31.3 Å².